The van der Waals surface area contributed by atoms with E-state index in [-0.39, 0.29) is 11.2 Å². The first-order chi connectivity index (χ1) is 6.63. The summed E-state index contributed by atoms with van der Waals surface area (Å²) in [6, 6.07) is 3.91. The summed E-state index contributed by atoms with van der Waals surface area (Å²) in [6.45, 7) is 3.85. The summed E-state index contributed by atoms with van der Waals surface area (Å²) < 4.78 is 5.49. The number of furan rings is 1. The topological polar surface area (TPSA) is 56.2 Å². The van der Waals surface area contributed by atoms with Crippen LogP contribution in [0.3, 0.4) is 0 Å². The molecule has 0 saturated heterocycles. The van der Waals surface area contributed by atoms with Crippen LogP contribution in [0.5, 0.6) is 0 Å². The van der Waals surface area contributed by atoms with Gasteiger partial charge in [-0.15, -0.1) is 11.8 Å². The second kappa shape index (κ2) is 5.10. The van der Waals surface area contributed by atoms with Gasteiger partial charge in [-0.2, -0.15) is 0 Å². The van der Waals surface area contributed by atoms with Gasteiger partial charge in [-0.1, -0.05) is 6.92 Å². The van der Waals surface area contributed by atoms with Crippen molar-refractivity contribution in [1.82, 2.24) is 0 Å². The third-order valence-electron chi connectivity index (χ3n) is 1.94. The fourth-order valence-corrected chi connectivity index (χ4v) is 1.71. The molecule has 0 aliphatic carbocycles. The molecule has 0 aliphatic rings. The van der Waals surface area contributed by atoms with Gasteiger partial charge >= 0.3 is 0 Å². The molecule has 1 aromatic heterocycles. The molecule has 0 aromatic carbocycles. The predicted molar refractivity (Wildman–Crippen MR) is 58.0 cm³/mol. The Kier molecular flexibility index (Phi) is 4.07. The van der Waals surface area contributed by atoms with E-state index < -0.39 is 0 Å². The molecular formula is C10H15NO2S. The summed E-state index contributed by atoms with van der Waals surface area (Å²) in [4.78, 5) is 10.8. The van der Waals surface area contributed by atoms with Crippen LogP contribution in [0.4, 0.5) is 0 Å². The van der Waals surface area contributed by atoms with Crippen molar-refractivity contribution in [3.63, 3.8) is 0 Å². The Hall–Kier alpha value is -0.900. The fourth-order valence-electron chi connectivity index (χ4n) is 0.979. The molecular weight excluding hydrogens is 198 g/mol. The summed E-state index contributed by atoms with van der Waals surface area (Å²) in [5, 5.41) is -0.162. The molecule has 1 amide bonds. The summed E-state index contributed by atoms with van der Waals surface area (Å²) in [5.41, 5.74) is 5.14. The Morgan fingerprint density at radius 2 is 2.21 bits per heavy atom. The van der Waals surface area contributed by atoms with Crippen LogP contribution in [0.2, 0.25) is 0 Å². The number of carbonyl (C=O) groups excluding carboxylic acids is 1. The standard InChI is InChI=1S/C10H15NO2S/c1-3-8-4-5-9(13-8)6-14-7(2)10(11)12/h4-5,7H,3,6H2,1-2H3,(H2,11,12). The largest absolute Gasteiger partial charge is 0.465 e. The summed E-state index contributed by atoms with van der Waals surface area (Å²) in [5.74, 6) is 2.30. The highest BCUT2D eigenvalue weighted by atomic mass is 32.2. The van der Waals surface area contributed by atoms with Crippen LogP contribution in [0.25, 0.3) is 0 Å². The number of rotatable bonds is 5. The van der Waals surface area contributed by atoms with Gasteiger partial charge in [0.1, 0.15) is 11.5 Å². The number of hydrogen-bond acceptors (Lipinski definition) is 3. The molecule has 1 rings (SSSR count). The fraction of sp³-hybridized carbons (Fsp3) is 0.500. The Bertz CT molecular complexity index is 309. The number of hydrogen-bond donors (Lipinski definition) is 1. The van der Waals surface area contributed by atoms with Crippen molar-refractivity contribution in [2.75, 3.05) is 0 Å². The average Bonchev–Trinajstić information content (AvgIpc) is 2.61. The SMILES string of the molecule is CCc1ccc(CSC(C)C(N)=O)o1. The van der Waals surface area contributed by atoms with E-state index in [0.29, 0.717) is 5.75 Å². The highest BCUT2D eigenvalue weighted by Crippen LogP contribution is 2.19. The van der Waals surface area contributed by atoms with Crippen LogP contribution in [0, 0.1) is 0 Å². The van der Waals surface area contributed by atoms with Crippen molar-refractivity contribution >= 4 is 17.7 Å². The molecule has 1 atom stereocenters. The Labute approximate surface area is 88.0 Å². The number of primary amides is 1. The molecule has 1 heterocycles. The van der Waals surface area contributed by atoms with Crippen LogP contribution in [0.15, 0.2) is 16.5 Å². The van der Waals surface area contributed by atoms with E-state index in [1.54, 1.807) is 6.92 Å². The van der Waals surface area contributed by atoms with E-state index in [2.05, 4.69) is 0 Å². The van der Waals surface area contributed by atoms with E-state index in [9.17, 15) is 4.79 Å². The quantitative estimate of drug-likeness (QED) is 0.813. The van der Waals surface area contributed by atoms with Gasteiger partial charge in [-0.25, -0.2) is 0 Å². The number of carbonyl (C=O) groups is 1. The van der Waals surface area contributed by atoms with Crippen LogP contribution < -0.4 is 5.73 Å². The van der Waals surface area contributed by atoms with Crippen LogP contribution >= 0.6 is 11.8 Å². The molecule has 1 aromatic rings. The molecule has 0 saturated carbocycles. The third kappa shape index (κ3) is 3.10. The maximum Gasteiger partial charge on any atom is 0.230 e. The zero-order chi connectivity index (χ0) is 10.6. The predicted octanol–water partition coefficient (Wildman–Crippen LogP) is 1.95. The molecule has 1 unspecified atom stereocenters. The number of nitrogens with two attached hydrogens (primary N) is 1. The molecule has 0 radical (unpaired) electrons. The maximum atomic E-state index is 10.8. The van der Waals surface area contributed by atoms with Crippen molar-refractivity contribution in [2.45, 2.75) is 31.3 Å². The lowest BCUT2D eigenvalue weighted by atomic mass is 10.4. The molecule has 0 bridgehead atoms. The lowest BCUT2D eigenvalue weighted by Crippen LogP contribution is -2.22. The van der Waals surface area contributed by atoms with Crippen molar-refractivity contribution in [2.24, 2.45) is 5.73 Å². The van der Waals surface area contributed by atoms with Gasteiger partial charge in [0, 0.05) is 6.42 Å². The second-order valence-corrected chi connectivity index (χ2v) is 4.41. The van der Waals surface area contributed by atoms with Crippen molar-refractivity contribution in [1.29, 1.82) is 0 Å². The van der Waals surface area contributed by atoms with Crippen molar-refractivity contribution < 1.29 is 9.21 Å². The van der Waals surface area contributed by atoms with Gasteiger partial charge in [0.15, 0.2) is 0 Å². The molecule has 0 spiro atoms. The molecule has 14 heavy (non-hydrogen) atoms. The van der Waals surface area contributed by atoms with Gasteiger partial charge in [0.2, 0.25) is 5.91 Å². The van der Waals surface area contributed by atoms with Gasteiger partial charge in [-0.3, -0.25) is 4.79 Å². The first-order valence-corrected chi connectivity index (χ1v) is 5.67. The van der Waals surface area contributed by atoms with E-state index in [1.165, 1.54) is 11.8 Å². The zero-order valence-electron chi connectivity index (χ0n) is 8.45. The average molecular weight is 213 g/mol. The Morgan fingerprint density at radius 1 is 1.57 bits per heavy atom. The van der Waals surface area contributed by atoms with Gasteiger partial charge in [0.25, 0.3) is 0 Å². The van der Waals surface area contributed by atoms with Crippen LogP contribution in [-0.4, -0.2) is 11.2 Å². The molecule has 4 heteroatoms. The summed E-state index contributed by atoms with van der Waals surface area (Å²) in [7, 11) is 0. The summed E-state index contributed by atoms with van der Waals surface area (Å²) >= 11 is 1.49. The zero-order valence-corrected chi connectivity index (χ0v) is 9.26. The van der Waals surface area contributed by atoms with Gasteiger partial charge in [-0.05, 0) is 19.1 Å². The molecule has 2 N–H and O–H groups in total. The van der Waals surface area contributed by atoms with Crippen LogP contribution in [0.1, 0.15) is 25.4 Å². The Morgan fingerprint density at radius 3 is 2.71 bits per heavy atom. The minimum absolute atomic E-state index is 0.162. The third-order valence-corrected chi connectivity index (χ3v) is 3.13. The molecule has 78 valence electrons. The van der Waals surface area contributed by atoms with Gasteiger partial charge in [0.05, 0.1) is 11.0 Å². The highest BCUT2D eigenvalue weighted by Gasteiger charge is 2.10. The number of thioether (sulfide) groups is 1. The Balaban J connectivity index is 2.41. The maximum absolute atomic E-state index is 10.8. The monoisotopic (exact) mass is 213 g/mol. The molecule has 3 nitrogen and oxygen atoms in total. The highest BCUT2D eigenvalue weighted by molar-refractivity contribution is 7.99. The molecule has 0 aliphatic heterocycles. The van der Waals surface area contributed by atoms with Crippen LogP contribution in [-0.2, 0) is 17.0 Å². The minimum atomic E-state index is -0.280. The minimum Gasteiger partial charge on any atom is -0.465 e. The lowest BCUT2D eigenvalue weighted by Gasteiger charge is -2.04. The van der Waals surface area contributed by atoms with Gasteiger partial charge < -0.3 is 10.2 Å². The van der Waals surface area contributed by atoms with Crippen molar-refractivity contribution in [3.8, 4) is 0 Å². The van der Waals surface area contributed by atoms with E-state index >= 15 is 0 Å². The van der Waals surface area contributed by atoms with E-state index in [1.807, 2.05) is 19.1 Å². The normalized spacial score (nSPS) is 12.7. The number of amides is 1. The second-order valence-electron chi connectivity index (χ2n) is 3.08. The van der Waals surface area contributed by atoms with E-state index in [4.69, 9.17) is 10.2 Å². The summed E-state index contributed by atoms with van der Waals surface area (Å²) in [6.07, 6.45) is 0.899. The lowest BCUT2D eigenvalue weighted by molar-refractivity contribution is -0.117. The smallest absolute Gasteiger partial charge is 0.230 e. The van der Waals surface area contributed by atoms with Crippen molar-refractivity contribution in [3.05, 3.63) is 23.7 Å². The number of aryl methyl sites for hydroxylation is 1. The molecule has 0 fully saturated rings. The van der Waals surface area contributed by atoms with E-state index in [0.717, 1.165) is 17.9 Å². The first-order valence-electron chi connectivity index (χ1n) is 4.62. The first kappa shape index (κ1) is 11.2.